The van der Waals surface area contributed by atoms with Crippen molar-refractivity contribution in [2.75, 3.05) is 0 Å². The predicted molar refractivity (Wildman–Crippen MR) is 77.6 cm³/mol. The first kappa shape index (κ1) is 11.2. The Kier molecular flexibility index (Phi) is 2.36. The molecule has 0 N–H and O–H groups in total. The second kappa shape index (κ2) is 4.20. The van der Waals surface area contributed by atoms with Crippen molar-refractivity contribution in [3.63, 3.8) is 0 Å². The Morgan fingerprint density at radius 1 is 1.05 bits per heavy atom. The largest absolute Gasteiger partial charge is 0.356 e. The van der Waals surface area contributed by atoms with E-state index in [1.807, 2.05) is 16.9 Å². The molecule has 20 heavy (non-hydrogen) atoms. The molecular weight excluding hydrogens is 250 g/mol. The molecule has 0 amide bonds. The van der Waals surface area contributed by atoms with Crippen molar-refractivity contribution in [2.24, 2.45) is 0 Å². The van der Waals surface area contributed by atoms with Crippen molar-refractivity contribution < 1.29 is 4.52 Å². The number of nitrogens with zero attached hydrogens (tertiary/aromatic N) is 3. The molecule has 0 unspecified atom stereocenters. The summed E-state index contributed by atoms with van der Waals surface area (Å²) in [6.07, 6.45) is 3.66. The fourth-order valence-corrected chi connectivity index (χ4v) is 2.53. The first-order valence-corrected chi connectivity index (χ1v) is 6.55. The van der Waals surface area contributed by atoms with E-state index in [0.29, 0.717) is 0 Å². The maximum atomic E-state index is 5.12. The highest BCUT2D eigenvalue weighted by atomic mass is 16.5. The van der Waals surface area contributed by atoms with E-state index in [1.165, 1.54) is 16.5 Å². The number of benzene rings is 2. The topological polar surface area (TPSA) is 43.9 Å². The number of hydrogen-bond donors (Lipinski definition) is 0. The van der Waals surface area contributed by atoms with Crippen LogP contribution in [0.1, 0.15) is 11.1 Å². The Hall–Kier alpha value is -2.62. The van der Waals surface area contributed by atoms with Gasteiger partial charge < -0.3 is 4.52 Å². The summed E-state index contributed by atoms with van der Waals surface area (Å²) < 4.78 is 7.14. The molecule has 0 saturated carbocycles. The van der Waals surface area contributed by atoms with E-state index in [1.54, 1.807) is 6.20 Å². The summed E-state index contributed by atoms with van der Waals surface area (Å²) in [5.74, 6) is 0. The molecule has 4 heteroatoms. The van der Waals surface area contributed by atoms with Crippen LogP contribution in [0.4, 0.5) is 0 Å². The molecule has 4 rings (SSSR count). The summed E-state index contributed by atoms with van der Waals surface area (Å²) in [5, 5.41) is 10.5. The van der Waals surface area contributed by atoms with Crippen LogP contribution in [0.2, 0.25) is 0 Å². The Morgan fingerprint density at radius 3 is 2.95 bits per heavy atom. The fourth-order valence-electron chi connectivity index (χ4n) is 2.53. The summed E-state index contributed by atoms with van der Waals surface area (Å²) in [4.78, 5) is 0. The zero-order valence-corrected chi connectivity index (χ0v) is 11.1. The standard InChI is InChI=1S/C16H13N3O/c1-11-2-4-15-13(6-11)8-17-19(15)10-12-3-5-16-14(7-12)9-18-20-16/h2-9H,10H2,1H3. The van der Waals surface area contributed by atoms with Crippen LogP contribution < -0.4 is 0 Å². The fraction of sp³-hybridized carbons (Fsp3) is 0.125. The van der Waals surface area contributed by atoms with E-state index in [2.05, 4.69) is 47.5 Å². The minimum absolute atomic E-state index is 0.744. The normalized spacial score (nSPS) is 11.4. The third-order valence-electron chi connectivity index (χ3n) is 3.55. The Bertz CT molecular complexity index is 904. The van der Waals surface area contributed by atoms with Gasteiger partial charge in [0.15, 0.2) is 5.58 Å². The van der Waals surface area contributed by atoms with Gasteiger partial charge in [0.1, 0.15) is 0 Å². The van der Waals surface area contributed by atoms with Gasteiger partial charge in [0, 0.05) is 10.8 Å². The summed E-state index contributed by atoms with van der Waals surface area (Å²) >= 11 is 0. The van der Waals surface area contributed by atoms with E-state index >= 15 is 0 Å². The van der Waals surface area contributed by atoms with Crippen molar-refractivity contribution in [1.82, 2.24) is 14.9 Å². The lowest BCUT2D eigenvalue weighted by molar-refractivity contribution is 0.456. The lowest BCUT2D eigenvalue weighted by atomic mass is 10.1. The smallest absolute Gasteiger partial charge is 0.166 e. The quantitative estimate of drug-likeness (QED) is 0.555. The van der Waals surface area contributed by atoms with Crippen molar-refractivity contribution in [1.29, 1.82) is 0 Å². The number of aromatic nitrogens is 3. The van der Waals surface area contributed by atoms with E-state index < -0.39 is 0 Å². The average molecular weight is 263 g/mol. The molecule has 0 saturated heterocycles. The molecule has 2 heterocycles. The van der Waals surface area contributed by atoms with Crippen LogP contribution in [0.3, 0.4) is 0 Å². The SMILES string of the molecule is Cc1ccc2c(cnn2Cc2ccc3oncc3c2)c1. The monoisotopic (exact) mass is 263 g/mol. The van der Waals surface area contributed by atoms with Crippen molar-refractivity contribution in [2.45, 2.75) is 13.5 Å². The number of fused-ring (bicyclic) bond motifs is 2. The van der Waals surface area contributed by atoms with E-state index in [9.17, 15) is 0 Å². The summed E-state index contributed by atoms with van der Waals surface area (Å²) in [7, 11) is 0. The van der Waals surface area contributed by atoms with E-state index in [0.717, 1.165) is 23.0 Å². The molecule has 2 aromatic carbocycles. The average Bonchev–Trinajstić information content (AvgIpc) is 3.05. The highest BCUT2D eigenvalue weighted by Gasteiger charge is 2.05. The van der Waals surface area contributed by atoms with Gasteiger partial charge in [-0.15, -0.1) is 0 Å². The molecule has 0 aliphatic carbocycles. The van der Waals surface area contributed by atoms with Crippen molar-refractivity contribution >= 4 is 21.9 Å². The molecule has 4 nitrogen and oxygen atoms in total. The third-order valence-corrected chi connectivity index (χ3v) is 3.55. The van der Waals surface area contributed by atoms with Crippen LogP contribution in [-0.2, 0) is 6.54 Å². The second-order valence-corrected chi connectivity index (χ2v) is 5.06. The number of aryl methyl sites for hydroxylation is 1. The van der Waals surface area contributed by atoms with Crippen LogP contribution >= 0.6 is 0 Å². The first-order valence-electron chi connectivity index (χ1n) is 6.55. The second-order valence-electron chi connectivity index (χ2n) is 5.06. The summed E-state index contributed by atoms with van der Waals surface area (Å²) in [5.41, 5.74) is 4.41. The van der Waals surface area contributed by atoms with Gasteiger partial charge in [0.05, 0.1) is 24.5 Å². The predicted octanol–water partition coefficient (Wildman–Crippen LogP) is 3.53. The van der Waals surface area contributed by atoms with Gasteiger partial charge in [-0.3, -0.25) is 4.68 Å². The molecule has 4 aromatic rings. The Labute approximate surface area is 115 Å². The molecule has 98 valence electrons. The molecule has 0 radical (unpaired) electrons. The molecular formula is C16H13N3O. The maximum absolute atomic E-state index is 5.12. The molecule has 0 atom stereocenters. The van der Waals surface area contributed by atoms with Crippen LogP contribution in [0, 0.1) is 6.92 Å². The minimum atomic E-state index is 0.744. The van der Waals surface area contributed by atoms with Gasteiger partial charge in [0.2, 0.25) is 0 Å². The van der Waals surface area contributed by atoms with Gasteiger partial charge in [-0.05, 0) is 36.8 Å². The van der Waals surface area contributed by atoms with E-state index in [4.69, 9.17) is 4.52 Å². The highest BCUT2D eigenvalue weighted by molar-refractivity contribution is 5.79. The van der Waals surface area contributed by atoms with Gasteiger partial charge in [-0.2, -0.15) is 5.10 Å². The van der Waals surface area contributed by atoms with Crippen LogP contribution in [0.5, 0.6) is 0 Å². The lowest BCUT2D eigenvalue weighted by Crippen LogP contribution is -2.01. The van der Waals surface area contributed by atoms with Gasteiger partial charge in [0.25, 0.3) is 0 Å². The van der Waals surface area contributed by atoms with Crippen molar-refractivity contribution in [3.05, 3.63) is 59.9 Å². The van der Waals surface area contributed by atoms with Gasteiger partial charge in [-0.25, -0.2) is 0 Å². The number of hydrogen-bond acceptors (Lipinski definition) is 3. The lowest BCUT2D eigenvalue weighted by Gasteiger charge is -2.04. The zero-order chi connectivity index (χ0) is 13.5. The van der Waals surface area contributed by atoms with Gasteiger partial charge in [-0.1, -0.05) is 22.9 Å². The number of rotatable bonds is 2. The van der Waals surface area contributed by atoms with Crippen LogP contribution in [0.15, 0.2) is 53.3 Å². The zero-order valence-electron chi connectivity index (χ0n) is 11.1. The highest BCUT2D eigenvalue weighted by Crippen LogP contribution is 2.19. The molecule has 0 fully saturated rings. The van der Waals surface area contributed by atoms with Crippen LogP contribution in [0.25, 0.3) is 21.9 Å². The Morgan fingerprint density at radius 2 is 2.00 bits per heavy atom. The molecule has 2 aromatic heterocycles. The maximum Gasteiger partial charge on any atom is 0.166 e. The molecule has 0 spiro atoms. The Balaban J connectivity index is 1.76. The van der Waals surface area contributed by atoms with Gasteiger partial charge >= 0.3 is 0 Å². The third kappa shape index (κ3) is 1.77. The summed E-state index contributed by atoms with van der Waals surface area (Å²) in [6, 6.07) is 12.5. The first-order chi connectivity index (χ1) is 9.79. The minimum Gasteiger partial charge on any atom is -0.356 e. The molecule has 0 bridgehead atoms. The van der Waals surface area contributed by atoms with Crippen LogP contribution in [-0.4, -0.2) is 14.9 Å². The van der Waals surface area contributed by atoms with E-state index in [-0.39, 0.29) is 0 Å². The van der Waals surface area contributed by atoms with Crippen molar-refractivity contribution in [3.8, 4) is 0 Å². The molecule has 0 aliphatic rings. The molecule has 0 aliphatic heterocycles. The summed E-state index contributed by atoms with van der Waals surface area (Å²) in [6.45, 7) is 2.84.